The summed E-state index contributed by atoms with van der Waals surface area (Å²) in [4.78, 5) is 14.9. The predicted molar refractivity (Wildman–Crippen MR) is 64.6 cm³/mol. The van der Waals surface area contributed by atoms with E-state index in [1.165, 1.54) is 6.07 Å². The Balaban J connectivity index is 2.45. The van der Waals surface area contributed by atoms with Gasteiger partial charge in [0.25, 0.3) is 0 Å². The molecular weight excluding hydrogens is 217 g/mol. The molecule has 2 aromatic rings. The Morgan fingerprint density at radius 1 is 1.18 bits per heavy atom. The smallest absolute Gasteiger partial charge is 0.150 e. The molecule has 0 bridgehead atoms. The van der Waals surface area contributed by atoms with Gasteiger partial charge in [-0.2, -0.15) is 0 Å². The zero-order valence-electron chi connectivity index (χ0n) is 9.01. The van der Waals surface area contributed by atoms with Gasteiger partial charge in [0.1, 0.15) is 5.82 Å². The number of halogens is 1. The number of benzene rings is 1. The molecule has 0 spiro atoms. The average molecular weight is 227 g/mol. The summed E-state index contributed by atoms with van der Waals surface area (Å²) in [5.74, 6) is -0.408. The van der Waals surface area contributed by atoms with E-state index in [4.69, 9.17) is 0 Å². The highest BCUT2D eigenvalue weighted by molar-refractivity contribution is 6.13. The van der Waals surface area contributed by atoms with Gasteiger partial charge in [0.2, 0.25) is 0 Å². The van der Waals surface area contributed by atoms with Crippen molar-refractivity contribution < 1.29 is 9.18 Å². The molecule has 0 amide bonds. The van der Waals surface area contributed by atoms with Gasteiger partial charge >= 0.3 is 0 Å². The molecule has 0 N–H and O–H groups in total. The summed E-state index contributed by atoms with van der Waals surface area (Å²) in [6.07, 6.45) is 5.51. The first-order chi connectivity index (χ1) is 8.31. The van der Waals surface area contributed by atoms with Crippen molar-refractivity contribution >= 4 is 17.9 Å². The average Bonchev–Trinajstić information content (AvgIpc) is 2.38. The highest BCUT2D eigenvalue weighted by atomic mass is 19.1. The van der Waals surface area contributed by atoms with Crippen LogP contribution in [-0.2, 0) is 4.79 Å². The van der Waals surface area contributed by atoms with Crippen LogP contribution in [0.15, 0.2) is 48.8 Å². The van der Waals surface area contributed by atoms with Crippen LogP contribution in [0.1, 0.15) is 11.1 Å². The Morgan fingerprint density at radius 2 is 2.00 bits per heavy atom. The molecule has 0 fully saturated rings. The summed E-state index contributed by atoms with van der Waals surface area (Å²) >= 11 is 0. The van der Waals surface area contributed by atoms with E-state index in [1.54, 1.807) is 48.8 Å². The van der Waals surface area contributed by atoms with Gasteiger partial charge in [-0.15, -0.1) is 0 Å². The van der Waals surface area contributed by atoms with Gasteiger partial charge in [-0.05, 0) is 23.8 Å². The summed E-state index contributed by atoms with van der Waals surface area (Å²) in [5, 5.41) is 0. The SMILES string of the molecule is O=C/C(=C\c1cccnc1)c1ccccc1F. The number of aldehydes is 1. The van der Waals surface area contributed by atoms with Gasteiger partial charge in [0.05, 0.1) is 0 Å². The molecule has 0 aliphatic rings. The number of aromatic nitrogens is 1. The Hall–Kier alpha value is -2.29. The highest BCUT2D eigenvalue weighted by Crippen LogP contribution is 2.18. The molecule has 1 heterocycles. The minimum absolute atomic E-state index is 0.298. The first kappa shape index (κ1) is 11.2. The molecule has 17 heavy (non-hydrogen) atoms. The van der Waals surface area contributed by atoms with E-state index in [-0.39, 0.29) is 0 Å². The normalized spacial score (nSPS) is 11.2. The number of allylic oxidation sites excluding steroid dienone is 1. The van der Waals surface area contributed by atoms with Crippen LogP contribution in [0.4, 0.5) is 4.39 Å². The van der Waals surface area contributed by atoms with Gasteiger partial charge in [-0.25, -0.2) is 4.39 Å². The fraction of sp³-hybridized carbons (Fsp3) is 0. The number of carbonyl (C=O) groups is 1. The van der Waals surface area contributed by atoms with Crippen LogP contribution in [0, 0.1) is 5.82 Å². The molecule has 0 saturated heterocycles. The van der Waals surface area contributed by atoms with E-state index in [2.05, 4.69) is 4.98 Å². The Bertz CT molecular complexity index is 549. The third-order valence-corrected chi connectivity index (χ3v) is 2.32. The van der Waals surface area contributed by atoms with Crippen LogP contribution >= 0.6 is 0 Å². The number of carbonyl (C=O) groups excluding carboxylic acids is 1. The van der Waals surface area contributed by atoms with E-state index in [0.29, 0.717) is 17.4 Å². The van der Waals surface area contributed by atoms with Gasteiger partial charge in [-0.1, -0.05) is 24.3 Å². The minimum Gasteiger partial charge on any atom is -0.298 e. The van der Waals surface area contributed by atoms with E-state index < -0.39 is 5.82 Å². The van der Waals surface area contributed by atoms with Crippen LogP contribution < -0.4 is 0 Å². The van der Waals surface area contributed by atoms with Crippen LogP contribution in [0.25, 0.3) is 11.6 Å². The second kappa shape index (κ2) is 5.16. The van der Waals surface area contributed by atoms with Gasteiger partial charge in [0.15, 0.2) is 6.29 Å². The van der Waals surface area contributed by atoms with Crippen LogP contribution in [0.5, 0.6) is 0 Å². The summed E-state index contributed by atoms with van der Waals surface area (Å²) in [6, 6.07) is 9.75. The largest absolute Gasteiger partial charge is 0.298 e. The zero-order valence-corrected chi connectivity index (χ0v) is 9.01. The minimum atomic E-state index is -0.408. The summed E-state index contributed by atoms with van der Waals surface area (Å²) < 4.78 is 13.5. The van der Waals surface area contributed by atoms with Crippen molar-refractivity contribution in [2.24, 2.45) is 0 Å². The van der Waals surface area contributed by atoms with Crippen molar-refractivity contribution in [1.82, 2.24) is 4.98 Å². The van der Waals surface area contributed by atoms with Crippen molar-refractivity contribution in [2.45, 2.75) is 0 Å². The Labute approximate surface area is 98.4 Å². The molecule has 1 aromatic heterocycles. The van der Waals surface area contributed by atoms with Crippen molar-refractivity contribution in [2.75, 3.05) is 0 Å². The maximum absolute atomic E-state index is 13.5. The lowest BCUT2D eigenvalue weighted by molar-refractivity contribution is -0.103. The standard InChI is InChI=1S/C14H10FNO/c15-14-6-2-1-5-13(14)12(10-17)8-11-4-3-7-16-9-11/h1-10H/b12-8+. The molecule has 0 aliphatic carbocycles. The van der Waals surface area contributed by atoms with E-state index >= 15 is 0 Å². The lowest BCUT2D eigenvalue weighted by Crippen LogP contribution is -1.90. The summed E-state index contributed by atoms with van der Waals surface area (Å²) in [5.41, 5.74) is 1.36. The van der Waals surface area contributed by atoms with Gasteiger partial charge < -0.3 is 0 Å². The summed E-state index contributed by atoms with van der Waals surface area (Å²) in [7, 11) is 0. The predicted octanol–water partition coefficient (Wildman–Crippen LogP) is 2.96. The third-order valence-electron chi connectivity index (χ3n) is 2.32. The quantitative estimate of drug-likeness (QED) is 0.596. The molecule has 0 atom stereocenters. The van der Waals surface area contributed by atoms with Crippen LogP contribution in [-0.4, -0.2) is 11.3 Å². The molecule has 1 aromatic carbocycles. The lowest BCUT2D eigenvalue weighted by Gasteiger charge is -2.02. The first-order valence-corrected chi connectivity index (χ1v) is 5.13. The third kappa shape index (κ3) is 2.64. The number of hydrogen-bond acceptors (Lipinski definition) is 2. The number of rotatable bonds is 3. The van der Waals surface area contributed by atoms with E-state index in [0.717, 1.165) is 5.56 Å². The number of pyridine rings is 1. The molecule has 3 heteroatoms. The molecule has 0 aliphatic heterocycles. The molecule has 2 nitrogen and oxygen atoms in total. The monoisotopic (exact) mass is 227 g/mol. The topological polar surface area (TPSA) is 30.0 Å². The van der Waals surface area contributed by atoms with Gasteiger partial charge in [0, 0.05) is 23.5 Å². The fourth-order valence-corrected chi connectivity index (χ4v) is 1.51. The maximum atomic E-state index is 13.5. The second-order valence-electron chi connectivity index (χ2n) is 3.48. The Morgan fingerprint density at radius 3 is 2.65 bits per heavy atom. The van der Waals surface area contributed by atoms with Crippen LogP contribution in [0.2, 0.25) is 0 Å². The van der Waals surface area contributed by atoms with Crippen molar-refractivity contribution in [1.29, 1.82) is 0 Å². The van der Waals surface area contributed by atoms with Crippen molar-refractivity contribution in [3.8, 4) is 0 Å². The zero-order chi connectivity index (χ0) is 12.1. The maximum Gasteiger partial charge on any atom is 0.150 e. The van der Waals surface area contributed by atoms with Crippen molar-refractivity contribution in [3.63, 3.8) is 0 Å². The molecular formula is C14H10FNO. The Kier molecular flexibility index (Phi) is 3.40. The summed E-state index contributed by atoms with van der Waals surface area (Å²) in [6.45, 7) is 0. The second-order valence-corrected chi connectivity index (χ2v) is 3.48. The van der Waals surface area contributed by atoms with E-state index in [1.807, 2.05) is 0 Å². The van der Waals surface area contributed by atoms with Crippen LogP contribution in [0.3, 0.4) is 0 Å². The molecule has 2 rings (SSSR count). The van der Waals surface area contributed by atoms with Gasteiger partial charge in [-0.3, -0.25) is 9.78 Å². The highest BCUT2D eigenvalue weighted by Gasteiger charge is 2.06. The molecule has 0 unspecified atom stereocenters. The number of nitrogens with zero attached hydrogens (tertiary/aromatic N) is 1. The van der Waals surface area contributed by atoms with Crippen molar-refractivity contribution in [3.05, 3.63) is 65.7 Å². The number of hydrogen-bond donors (Lipinski definition) is 0. The first-order valence-electron chi connectivity index (χ1n) is 5.13. The molecule has 84 valence electrons. The molecule has 0 saturated carbocycles. The fourth-order valence-electron chi connectivity index (χ4n) is 1.51. The lowest BCUT2D eigenvalue weighted by atomic mass is 10.0. The van der Waals surface area contributed by atoms with E-state index in [9.17, 15) is 9.18 Å². The molecule has 0 radical (unpaired) electrons.